The molecule has 0 bridgehead atoms. The molecule has 4 unspecified atom stereocenters. The van der Waals surface area contributed by atoms with Crippen LogP contribution in [0.15, 0.2) is 0 Å². The topological polar surface area (TPSA) is 228 Å². The maximum atomic E-state index is 11.3. The molecule has 0 spiro atoms. The molecule has 18 heteroatoms. The van der Waals surface area contributed by atoms with E-state index < -0.39 is 60.1 Å². The number of phosphoric acid groups is 3. The van der Waals surface area contributed by atoms with Gasteiger partial charge in [-0.3, -0.25) is 13.6 Å². The first-order valence-corrected chi connectivity index (χ1v) is 11.5. The van der Waals surface area contributed by atoms with E-state index in [9.17, 15) is 13.7 Å². The van der Waals surface area contributed by atoms with Crippen molar-refractivity contribution in [1.82, 2.24) is 0 Å². The van der Waals surface area contributed by atoms with E-state index in [1.165, 1.54) is 0 Å². The van der Waals surface area contributed by atoms with Gasteiger partial charge in [-0.15, -0.1) is 0 Å². The number of hydrogen-bond donors (Lipinski definition) is 6. The van der Waals surface area contributed by atoms with Crippen LogP contribution < -0.4 is 0 Å². The molecular weight excluding hydrogens is 441 g/mol. The van der Waals surface area contributed by atoms with Crippen LogP contribution in [0.4, 0.5) is 0 Å². The van der Waals surface area contributed by atoms with E-state index in [1.807, 2.05) is 0 Å². The molecule has 27 heavy (non-hydrogen) atoms. The van der Waals surface area contributed by atoms with E-state index in [1.54, 1.807) is 0 Å². The molecule has 162 valence electrons. The van der Waals surface area contributed by atoms with Gasteiger partial charge in [-0.05, 0) is 0 Å². The molecule has 1 saturated carbocycles. The highest BCUT2D eigenvalue weighted by molar-refractivity contribution is 7.47. The predicted octanol–water partition coefficient (Wildman–Crippen LogP) is -1.52. The van der Waals surface area contributed by atoms with Crippen molar-refractivity contribution in [1.29, 1.82) is 0 Å². The Morgan fingerprint density at radius 2 is 0.667 bits per heavy atom. The van der Waals surface area contributed by atoms with E-state index in [2.05, 4.69) is 13.6 Å². The summed E-state index contributed by atoms with van der Waals surface area (Å²) in [4.78, 5) is 54.7. The molecule has 1 fully saturated rings. The van der Waals surface area contributed by atoms with Crippen molar-refractivity contribution in [3.8, 4) is 0 Å². The zero-order valence-electron chi connectivity index (χ0n) is 14.2. The predicted molar refractivity (Wildman–Crippen MR) is 83.1 cm³/mol. The van der Waals surface area contributed by atoms with Gasteiger partial charge >= 0.3 is 23.5 Å². The van der Waals surface area contributed by atoms with Crippen LogP contribution >= 0.6 is 23.5 Å². The van der Waals surface area contributed by atoms with Crippen LogP contribution in [-0.2, 0) is 41.5 Å². The van der Waals surface area contributed by atoms with E-state index in [-0.39, 0.29) is 0 Å². The lowest BCUT2D eigenvalue weighted by atomic mass is 9.84. The molecule has 0 heterocycles. The third-order valence-corrected chi connectivity index (χ3v) is 5.09. The average molecular weight is 462 g/mol. The van der Waals surface area contributed by atoms with Crippen molar-refractivity contribution in [3.63, 3.8) is 0 Å². The smallest absolute Gasteiger partial charge is 0.376 e. The van der Waals surface area contributed by atoms with Gasteiger partial charge in [-0.25, -0.2) is 13.7 Å². The Bertz CT molecular complexity index is 582. The van der Waals surface area contributed by atoms with Gasteiger partial charge in [0.1, 0.15) is 36.6 Å². The van der Waals surface area contributed by atoms with E-state index in [0.717, 1.165) is 21.3 Å². The summed E-state index contributed by atoms with van der Waals surface area (Å²) in [6.07, 6.45) is -10.3. The minimum atomic E-state index is -5.36. The standard InChI is InChI=1S/C9H21O15P3/c1-19-4-5(20-2)7(22-25(10,11)12)9(24-27(16,17)18)8(6(4)21-3)23-26(13,14)15/h4-9H,1-3H3,(H2,10,11,12)(H2,13,14,15)(H2,16,17,18). The van der Waals surface area contributed by atoms with Gasteiger partial charge in [0.25, 0.3) is 0 Å². The second kappa shape index (κ2) is 9.35. The molecule has 0 radical (unpaired) electrons. The number of phosphoric ester groups is 3. The van der Waals surface area contributed by atoms with Crippen molar-refractivity contribution >= 4 is 23.5 Å². The Balaban J connectivity index is 3.53. The van der Waals surface area contributed by atoms with Crippen molar-refractivity contribution < 1.29 is 70.8 Å². The lowest BCUT2D eigenvalue weighted by molar-refractivity contribution is -0.232. The molecular formula is C9H21O15P3. The van der Waals surface area contributed by atoms with Crippen molar-refractivity contribution in [2.45, 2.75) is 36.6 Å². The van der Waals surface area contributed by atoms with Gasteiger partial charge in [0.2, 0.25) is 0 Å². The molecule has 0 amide bonds. The first kappa shape index (κ1) is 25.2. The summed E-state index contributed by atoms with van der Waals surface area (Å²) in [5.74, 6) is 0. The Morgan fingerprint density at radius 1 is 0.481 bits per heavy atom. The summed E-state index contributed by atoms with van der Waals surface area (Å²) < 4.78 is 62.6. The third-order valence-electron chi connectivity index (χ3n) is 3.54. The monoisotopic (exact) mass is 462 g/mol. The van der Waals surface area contributed by atoms with Gasteiger partial charge in [0.05, 0.1) is 0 Å². The van der Waals surface area contributed by atoms with Gasteiger partial charge in [-0.2, -0.15) is 0 Å². The summed E-state index contributed by atoms with van der Waals surface area (Å²) in [7, 11) is -12.7. The maximum absolute atomic E-state index is 11.3. The molecule has 0 aromatic heterocycles. The fourth-order valence-electron chi connectivity index (χ4n) is 2.76. The van der Waals surface area contributed by atoms with Gasteiger partial charge in [0, 0.05) is 21.3 Å². The first-order chi connectivity index (χ1) is 12.1. The fourth-order valence-corrected chi connectivity index (χ4v) is 4.43. The zero-order valence-corrected chi connectivity index (χ0v) is 16.8. The molecule has 4 atom stereocenters. The molecule has 15 nitrogen and oxygen atoms in total. The minimum Gasteiger partial charge on any atom is -0.376 e. The quantitative estimate of drug-likeness (QED) is 0.214. The SMILES string of the molecule is COC1C(OC)C(OP(=O)(O)O)C(OP(=O)(O)O)C(OP(=O)(O)O)C1OC. The number of rotatable bonds is 9. The highest BCUT2D eigenvalue weighted by Gasteiger charge is 2.58. The average Bonchev–Trinajstić information content (AvgIpc) is 2.46. The fraction of sp³-hybridized carbons (Fsp3) is 1.00. The Labute approximate surface area is 153 Å². The van der Waals surface area contributed by atoms with Crippen LogP contribution in [0.3, 0.4) is 0 Å². The summed E-state index contributed by atoms with van der Waals surface area (Å²) in [5, 5.41) is 0. The van der Waals surface area contributed by atoms with Crippen LogP contribution in [-0.4, -0.2) is 87.3 Å². The Hall–Kier alpha value is 0.210. The summed E-state index contributed by atoms with van der Waals surface area (Å²) >= 11 is 0. The van der Waals surface area contributed by atoms with Crippen LogP contribution in [0.5, 0.6) is 0 Å². The van der Waals surface area contributed by atoms with Crippen molar-refractivity contribution in [2.75, 3.05) is 21.3 Å². The van der Waals surface area contributed by atoms with Gasteiger partial charge in [0.15, 0.2) is 0 Å². The molecule has 0 saturated heterocycles. The zero-order chi connectivity index (χ0) is 21.2. The normalized spacial score (nSPS) is 33.2. The van der Waals surface area contributed by atoms with Gasteiger partial charge < -0.3 is 43.6 Å². The molecule has 6 N–H and O–H groups in total. The third kappa shape index (κ3) is 7.52. The molecule has 1 aliphatic carbocycles. The minimum absolute atomic E-state index is 1.07. The van der Waals surface area contributed by atoms with E-state index in [0.29, 0.717) is 0 Å². The molecule has 1 rings (SSSR count). The summed E-state index contributed by atoms with van der Waals surface area (Å²) in [6.45, 7) is 0. The van der Waals surface area contributed by atoms with Gasteiger partial charge in [-0.1, -0.05) is 0 Å². The summed E-state index contributed by atoms with van der Waals surface area (Å²) in [6, 6.07) is 0. The lowest BCUT2D eigenvalue weighted by Crippen LogP contribution is -2.66. The molecule has 0 aromatic carbocycles. The van der Waals surface area contributed by atoms with Crippen molar-refractivity contribution in [3.05, 3.63) is 0 Å². The van der Waals surface area contributed by atoms with Crippen molar-refractivity contribution in [2.24, 2.45) is 0 Å². The lowest BCUT2D eigenvalue weighted by Gasteiger charge is -2.47. The molecule has 0 aliphatic heterocycles. The highest BCUT2D eigenvalue weighted by Crippen LogP contribution is 2.51. The number of hydrogen-bond acceptors (Lipinski definition) is 9. The second-order valence-electron chi connectivity index (χ2n) is 5.28. The molecule has 1 aliphatic rings. The number of methoxy groups -OCH3 is 3. The van der Waals surface area contributed by atoms with Crippen LogP contribution in [0.25, 0.3) is 0 Å². The number of ether oxygens (including phenoxy) is 3. The van der Waals surface area contributed by atoms with E-state index in [4.69, 9.17) is 43.6 Å². The maximum Gasteiger partial charge on any atom is 0.470 e. The highest BCUT2D eigenvalue weighted by atomic mass is 31.2. The summed E-state index contributed by atoms with van der Waals surface area (Å²) in [5.41, 5.74) is 0. The van der Waals surface area contributed by atoms with E-state index >= 15 is 0 Å². The van der Waals surface area contributed by atoms with Crippen LogP contribution in [0.1, 0.15) is 0 Å². The molecule has 0 aromatic rings. The largest absolute Gasteiger partial charge is 0.470 e. The first-order valence-electron chi connectivity index (χ1n) is 6.93. The van der Waals surface area contributed by atoms with Crippen LogP contribution in [0, 0.1) is 0 Å². The Morgan fingerprint density at radius 3 is 0.852 bits per heavy atom. The second-order valence-corrected chi connectivity index (χ2v) is 8.86. The Kier molecular flexibility index (Phi) is 8.74. The van der Waals surface area contributed by atoms with Crippen LogP contribution in [0.2, 0.25) is 0 Å².